The van der Waals surface area contributed by atoms with Crippen molar-refractivity contribution in [1.29, 1.82) is 0 Å². The first kappa shape index (κ1) is 29.2. The van der Waals surface area contributed by atoms with Crippen molar-refractivity contribution in [1.82, 2.24) is 4.57 Å². The van der Waals surface area contributed by atoms with Gasteiger partial charge in [0, 0.05) is 16.7 Å². The number of fused-ring (bicyclic) bond motifs is 1. The number of benzene rings is 3. The highest BCUT2D eigenvalue weighted by Gasteiger charge is 2.33. The fourth-order valence-electron chi connectivity index (χ4n) is 4.65. The minimum atomic E-state index is -0.674. The van der Waals surface area contributed by atoms with E-state index in [-0.39, 0.29) is 18.8 Å². The SMILES string of the molecule is CCOC(=O)C1=C(C)N=c2s/c(=C/c3cc(Cl)ccc3OCCOc3cccc(OC)c3)c(=O)n2C1c1ccccc1. The molecule has 0 saturated heterocycles. The lowest BCUT2D eigenvalue weighted by atomic mass is 9.96. The maximum absolute atomic E-state index is 13.9. The zero-order valence-electron chi connectivity index (χ0n) is 23.3. The molecule has 0 radical (unpaired) electrons. The molecule has 1 aromatic heterocycles. The number of esters is 1. The third kappa shape index (κ3) is 6.27. The van der Waals surface area contributed by atoms with Gasteiger partial charge >= 0.3 is 5.97 Å². The second-order valence-corrected chi connectivity index (χ2v) is 10.7. The van der Waals surface area contributed by atoms with E-state index in [9.17, 15) is 9.59 Å². The molecule has 0 amide bonds. The lowest BCUT2D eigenvalue weighted by molar-refractivity contribution is -0.139. The van der Waals surface area contributed by atoms with Gasteiger partial charge in [0.2, 0.25) is 0 Å². The number of thiazole rings is 1. The fraction of sp³-hybridized carbons (Fsp3) is 0.219. The van der Waals surface area contributed by atoms with E-state index in [2.05, 4.69) is 4.99 Å². The number of halogens is 1. The lowest BCUT2D eigenvalue weighted by Gasteiger charge is -2.24. The van der Waals surface area contributed by atoms with Gasteiger partial charge in [0.25, 0.3) is 5.56 Å². The second kappa shape index (κ2) is 13.1. The van der Waals surface area contributed by atoms with Crippen molar-refractivity contribution in [3.05, 3.63) is 120 Å². The van der Waals surface area contributed by atoms with Crippen LogP contribution in [0.2, 0.25) is 5.02 Å². The van der Waals surface area contributed by atoms with Crippen molar-refractivity contribution >= 4 is 35.0 Å². The third-order valence-electron chi connectivity index (χ3n) is 6.54. The Bertz CT molecular complexity index is 1810. The summed E-state index contributed by atoms with van der Waals surface area (Å²) in [7, 11) is 1.60. The molecule has 0 spiro atoms. The summed E-state index contributed by atoms with van der Waals surface area (Å²) in [6, 6.07) is 21.3. The fourth-order valence-corrected chi connectivity index (χ4v) is 5.87. The van der Waals surface area contributed by atoms with Crippen molar-refractivity contribution < 1.29 is 23.7 Å². The van der Waals surface area contributed by atoms with Crippen molar-refractivity contribution in [2.45, 2.75) is 19.9 Å². The van der Waals surface area contributed by atoms with E-state index in [1.807, 2.05) is 48.5 Å². The van der Waals surface area contributed by atoms with E-state index >= 15 is 0 Å². The van der Waals surface area contributed by atoms with Crippen molar-refractivity contribution in [2.24, 2.45) is 4.99 Å². The van der Waals surface area contributed by atoms with Gasteiger partial charge in [0.15, 0.2) is 4.80 Å². The number of nitrogens with zero attached hydrogens (tertiary/aromatic N) is 2. The van der Waals surface area contributed by atoms with Gasteiger partial charge in [0.1, 0.15) is 30.5 Å². The van der Waals surface area contributed by atoms with Gasteiger partial charge < -0.3 is 18.9 Å². The van der Waals surface area contributed by atoms with Crippen LogP contribution in [0.4, 0.5) is 0 Å². The van der Waals surface area contributed by atoms with Crippen LogP contribution in [0.1, 0.15) is 31.0 Å². The number of hydrogen-bond acceptors (Lipinski definition) is 8. The average molecular weight is 605 g/mol. The van der Waals surface area contributed by atoms with Crippen LogP contribution >= 0.6 is 22.9 Å². The molecule has 0 N–H and O–H groups in total. The summed E-state index contributed by atoms with van der Waals surface area (Å²) in [5, 5.41) is 0.497. The van der Waals surface area contributed by atoms with Crippen molar-refractivity contribution in [2.75, 3.05) is 26.9 Å². The quantitative estimate of drug-likeness (QED) is 0.189. The lowest BCUT2D eigenvalue weighted by Crippen LogP contribution is -2.39. The number of methoxy groups -OCH3 is 1. The van der Waals surface area contributed by atoms with E-state index in [0.717, 1.165) is 5.56 Å². The molecule has 1 aliphatic rings. The smallest absolute Gasteiger partial charge is 0.338 e. The molecule has 10 heteroatoms. The molecule has 8 nitrogen and oxygen atoms in total. The number of carbonyl (C=O) groups is 1. The highest BCUT2D eigenvalue weighted by Crippen LogP contribution is 2.31. The summed E-state index contributed by atoms with van der Waals surface area (Å²) < 4.78 is 24.4. The summed E-state index contributed by atoms with van der Waals surface area (Å²) >= 11 is 7.57. The van der Waals surface area contributed by atoms with Gasteiger partial charge in [0.05, 0.1) is 35.6 Å². The van der Waals surface area contributed by atoms with Crippen LogP contribution in [0, 0.1) is 0 Å². The predicted molar refractivity (Wildman–Crippen MR) is 162 cm³/mol. The predicted octanol–water partition coefficient (Wildman–Crippen LogP) is 4.92. The summed E-state index contributed by atoms with van der Waals surface area (Å²) in [6.45, 7) is 4.27. The summed E-state index contributed by atoms with van der Waals surface area (Å²) in [4.78, 5) is 32.1. The molecule has 0 saturated carbocycles. The van der Waals surface area contributed by atoms with E-state index in [0.29, 0.717) is 55.0 Å². The van der Waals surface area contributed by atoms with Crippen molar-refractivity contribution in [3.8, 4) is 17.2 Å². The van der Waals surface area contributed by atoms with Crippen LogP contribution in [0.25, 0.3) is 6.08 Å². The molecule has 2 heterocycles. The molecule has 5 rings (SSSR count). The molecule has 1 aliphatic heterocycles. The van der Waals surface area contributed by atoms with Crippen LogP contribution in [-0.2, 0) is 9.53 Å². The van der Waals surface area contributed by atoms with Gasteiger partial charge in [-0.05, 0) is 55.8 Å². The first-order chi connectivity index (χ1) is 20.4. The molecule has 216 valence electrons. The van der Waals surface area contributed by atoms with Gasteiger partial charge in [-0.25, -0.2) is 9.79 Å². The third-order valence-corrected chi connectivity index (χ3v) is 7.76. The topological polar surface area (TPSA) is 88.4 Å². The molecule has 1 unspecified atom stereocenters. The minimum absolute atomic E-state index is 0.212. The van der Waals surface area contributed by atoms with Gasteiger partial charge in [-0.15, -0.1) is 0 Å². The Morgan fingerprint density at radius 1 is 1.02 bits per heavy atom. The molecule has 1 atom stereocenters. The maximum Gasteiger partial charge on any atom is 0.338 e. The monoisotopic (exact) mass is 604 g/mol. The van der Waals surface area contributed by atoms with Gasteiger partial charge in [-0.1, -0.05) is 59.3 Å². The zero-order chi connectivity index (χ0) is 29.6. The van der Waals surface area contributed by atoms with Crippen LogP contribution in [0.3, 0.4) is 0 Å². The number of carbonyl (C=O) groups excluding carboxylic acids is 1. The zero-order valence-corrected chi connectivity index (χ0v) is 24.9. The van der Waals surface area contributed by atoms with E-state index < -0.39 is 12.0 Å². The molecular weight excluding hydrogens is 576 g/mol. The molecule has 4 aromatic rings. The van der Waals surface area contributed by atoms with Crippen LogP contribution in [-0.4, -0.2) is 37.5 Å². The first-order valence-corrected chi connectivity index (χ1v) is 14.5. The molecular formula is C32H29ClN2O6S. The molecule has 42 heavy (non-hydrogen) atoms. The van der Waals surface area contributed by atoms with E-state index in [4.69, 9.17) is 30.5 Å². The molecule has 0 bridgehead atoms. The second-order valence-electron chi connectivity index (χ2n) is 9.27. The van der Waals surface area contributed by atoms with E-state index in [1.54, 1.807) is 55.9 Å². The molecule has 0 fully saturated rings. The van der Waals surface area contributed by atoms with Crippen LogP contribution in [0.5, 0.6) is 17.2 Å². The largest absolute Gasteiger partial charge is 0.497 e. The summed E-state index contributed by atoms with van der Waals surface area (Å²) in [5.41, 5.74) is 1.98. The Kier molecular flexibility index (Phi) is 9.09. The Balaban J connectivity index is 1.48. The Labute approximate surface area is 251 Å². The van der Waals surface area contributed by atoms with Crippen molar-refractivity contribution in [3.63, 3.8) is 0 Å². The van der Waals surface area contributed by atoms with Crippen LogP contribution < -0.4 is 29.1 Å². The average Bonchev–Trinajstić information content (AvgIpc) is 3.30. The maximum atomic E-state index is 13.9. The summed E-state index contributed by atoms with van der Waals surface area (Å²) in [5.74, 6) is 1.42. The van der Waals surface area contributed by atoms with E-state index in [1.165, 1.54) is 11.3 Å². The number of allylic oxidation sites excluding steroid dienone is 1. The van der Waals surface area contributed by atoms with Crippen LogP contribution in [0.15, 0.2) is 93.9 Å². The van der Waals surface area contributed by atoms with Gasteiger partial charge in [-0.3, -0.25) is 9.36 Å². The Hall–Kier alpha value is -4.34. The standard InChI is InChI=1S/C32H29ClN2O6S/c1-4-39-31(37)28-20(2)34-32-35(29(28)21-9-6-5-7-10-21)30(36)27(42-32)18-22-17-23(33)13-14-26(22)41-16-15-40-25-12-8-11-24(19-25)38-3/h5-14,17-19,29H,4,15-16H2,1-3H3/b27-18+. The number of rotatable bonds is 10. The normalized spacial score (nSPS) is 14.7. The molecule has 0 aliphatic carbocycles. The summed E-state index contributed by atoms with van der Waals surface area (Å²) in [6.07, 6.45) is 1.74. The first-order valence-electron chi connectivity index (χ1n) is 13.3. The highest BCUT2D eigenvalue weighted by atomic mass is 35.5. The van der Waals surface area contributed by atoms with Gasteiger partial charge in [-0.2, -0.15) is 0 Å². The Morgan fingerprint density at radius 3 is 2.55 bits per heavy atom. The number of ether oxygens (including phenoxy) is 4. The number of aromatic nitrogens is 1. The highest BCUT2D eigenvalue weighted by molar-refractivity contribution is 7.07. The Morgan fingerprint density at radius 2 is 1.79 bits per heavy atom. The minimum Gasteiger partial charge on any atom is -0.497 e. The number of hydrogen-bond donors (Lipinski definition) is 0. The molecule has 3 aromatic carbocycles.